The van der Waals surface area contributed by atoms with E-state index in [1.165, 1.54) is 50.4 Å². The highest BCUT2D eigenvalue weighted by molar-refractivity contribution is 7.92. The summed E-state index contributed by atoms with van der Waals surface area (Å²) in [6.07, 6.45) is 3.21. The number of amides is 1. The van der Waals surface area contributed by atoms with Crippen molar-refractivity contribution in [3.63, 3.8) is 0 Å². The monoisotopic (exact) mass is 613 g/mol. The lowest BCUT2D eigenvalue weighted by molar-refractivity contribution is -0.192. The van der Waals surface area contributed by atoms with Crippen LogP contribution < -0.4 is 10.0 Å². The zero-order valence-electron chi connectivity index (χ0n) is 21.6. The van der Waals surface area contributed by atoms with Crippen LogP contribution in [-0.4, -0.2) is 71.8 Å². The van der Waals surface area contributed by atoms with Crippen LogP contribution in [0.15, 0.2) is 12.3 Å². The van der Waals surface area contributed by atoms with Gasteiger partial charge in [0.05, 0.1) is 22.0 Å². The Morgan fingerprint density at radius 2 is 1.87 bits per heavy atom. The number of thiazole rings is 1. The molecule has 2 aromatic rings. The van der Waals surface area contributed by atoms with E-state index >= 15 is 0 Å². The minimum absolute atomic E-state index is 0.0108. The number of carboxylic acids is 1. The predicted octanol–water partition coefficient (Wildman–Crippen LogP) is 5.15. The molecule has 1 saturated carbocycles. The third-order valence-corrected chi connectivity index (χ3v) is 8.59. The highest BCUT2D eigenvalue weighted by Gasteiger charge is 2.38. The van der Waals surface area contributed by atoms with E-state index in [1.54, 1.807) is 12.3 Å². The average Bonchev–Trinajstić information content (AvgIpc) is 3.19. The first-order valence-corrected chi connectivity index (χ1v) is 14.9. The molecule has 0 atom stereocenters. The van der Waals surface area contributed by atoms with Crippen LogP contribution >= 0.6 is 22.9 Å². The summed E-state index contributed by atoms with van der Waals surface area (Å²) >= 11 is 7.47. The second kappa shape index (κ2) is 14.2. The molecule has 1 aliphatic rings. The van der Waals surface area contributed by atoms with Crippen molar-refractivity contribution >= 4 is 55.7 Å². The van der Waals surface area contributed by atoms with Crippen LogP contribution in [0, 0.1) is 6.92 Å². The van der Waals surface area contributed by atoms with Gasteiger partial charge in [0.25, 0.3) is 0 Å². The number of aromatic nitrogens is 2. The fourth-order valence-corrected chi connectivity index (χ4v) is 6.24. The minimum atomic E-state index is -5.08. The van der Waals surface area contributed by atoms with Crippen molar-refractivity contribution in [2.45, 2.75) is 64.6 Å². The second-order valence-corrected chi connectivity index (χ2v) is 12.2. The largest absolute Gasteiger partial charge is 0.490 e. The number of alkyl halides is 3. The van der Waals surface area contributed by atoms with E-state index < -0.39 is 22.2 Å². The SMILES string of the molecule is CC(=O)Nc1nc(C)c(-c2cnc(Cl)c(NS(=O)(=O)CCCN(C)C3CCCCC3)c2)s1.O=C(O)C(F)(F)F. The van der Waals surface area contributed by atoms with Gasteiger partial charge in [0, 0.05) is 24.7 Å². The van der Waals surface area contributed by atoms with E-state index in [1.807, 2.05) is 6.92 Å². The molecule has 39 heavy (non-hydrogen) atoms. The summed E-state index contributed by atoms with van der Waals surface area (Å²) in [6, 6.07) is 2.21. The molecule has 218 valence electrons. The lowest BCUT2D eigenvalue weighted by Gasteiger charge is -2.31. The van der Waals surface area contributed by atoms with Gasteiger partial charge < -0.3 is 15.3 Å². The highest BCUT2D eigenvalue weighted by Crippen LogP contribution is 2.35. The molecule has 0 spiro atoms. The Labute approximate surface area is 234 Å². The van der Waals surface area contributed by atoms with Gasteiger partial charge in [0.15, 0.2) is 10.3 Å². The van der Waals surface area contributed by atoms with Gasteiger partial charge in [0.1, 0.15) is 0 Å². The Morgan fingerprint density at radius 3 is 2.44 bits per heavy atom. The lowest BCUT2D eigenvalue weighted by Crippen LogP contribution is -2.35. The van der Waals surface area contributed by atoms with Gasteiger partial charge in [-0.2, -0.15) is 13.2 Å². The van der Waals surface area contributed by atoms with E-state index in [-0.39, 0.29) is 22.5 Å². The predicted molar refractivity (Wildman–Crippen MR) is 145 cm³/mol. The topological polar surface area (TPSA) is 142 Å². The summed E-state index contributed by atoms with van der Waals surface area (Å²) in [5.74, 6) is -2.95. The first-order valence-electron chi connectivity index (χ1n) is 12.0. The number of aliphatic carboxylic acids is 1. The smallest absolute Gasteiger partial charge is 0.475 e. The maximum atomic E-state index is 12.7. The van der Waals surface area contributed by atoms with Crippen LogP contribution in [0.5, 0.6) is 0 Å². The Hall–Kier alpha value is -2.49. The van der Waals surface area contributed by atoms with Gasteiger partial charge in [-0.05, 0) is 45.8 Å². The molecule has 3 N–H and O–H groups in total. The van der Waals surface area contributed by atoms with Gasteiger partial charge in [-0.15, -0.1) is 0 Å². The zero-order chi connectivity index (χ0) is 29.4. The lowest BCUT2D eigenvalue weighted by atomic mass is 9.94. The van der Waals surface area contributed by atoms with Crippen molar-refractivity contribution in [2.75, 3.05) is 29.4 Å². The summed E-state index contributed by atoms with van der Waals surface area (Å²) in [5.41, 5.74) is 1.62. The number of hydrogen-bond donors (Lipinski definition) is 3. The zero-order valence-corrected chi connectivity index (χ0v) is 24.0. The quantitative estimate of drug-likeness (QED) is 0.330. The van der Waals surface area contributed by atoms with Crippen molar-refractivity contribution in [2.24, 2.45) is 0 Å². The summed E-state index contributed by atoms with van der Waals surface area (Å²) in [7, 11) is -1.50. The molecule has 16 heteroatoms. The molecule has 0 aliphatic heterocycles. The summed E-state index contributed by atoms with van der Waals surface area (Å²) in [4.78, 5) is 31.7. The maximum Gasteiger partial charge on any atom is 0.490 e. The van der Waals surface area contributed by atoms with Crippen LogP contribution in [0.4, 0.5) is 24.0 Å². The summed E-state index contributed by atoms with van der Waals surface area (Å²) in [6.45, 7) is 3.97. The van der Waals surface area contributed by atoms with Crippen LogP contribution in [-0.2, 0) is 19.6 Å². The van der Waals surface area contributed by atoms with Gasteiger partial charge in [-0.1, -0.05) is 42.2 Å². The Kier molecular flexibility index (Phi) is 11.9. The van der Waals surface area contributed by atoms with Gasteiger partial charge in [-0.3, -0.25) is 9.52 Å². The van der Waals surface area contributed by atoms with E-state index in [9.17, 15) is 26.4 Å². The molecule has 0 aromatic carbocycles. The molecule has 1 fully saturated rings. The Bertz CT molecular complexity index is 1250. The standard InChI is InChI=1S/C21H30ClN5O3S2.C2HF3O2/c1-14-19(31-21(24-14)25-15(2)28)16-12-18(20(22)23-13-16)26-32(29,30)11-7-10-27(3)17-8-5-4-6-9-17;3-2(4,5)1(6)7/h12-13,17,26H,4-11H2,1-3H3,(H,24,25,28);(H,6,7). The van der Waals surface area contributed by atoms with Gasteiger partial charge in [0.2, 0.25) is 15.9 Å². The van der Waals surface area contributed by atoms with Crippen LogP contribution in [0.25, 0.3) is 10.4 Å². The molecule has 2 aromatic heterocycles. The number of carbonyl (C=O) groups is 2. The maximum absolute atomic E-state index is 12.7. The van der Waals surface area contributed by atoms with Gasteiger partial charge >= 0.3 is 12.1 Å². The number of rotatable bonds is 9. The van der Waals surface area contributed by atoms with Crippen molar-refractivity contribution in [1.82, 2.24) is 14.9 Å². The van der Waals surface area contributed by atoms with Crippen molar-refractivity contribution in [1.29, 1.82) is 0 Å². The molecule has 10 nitrogen and oxygen atoms in total. The fourth-order valence-electron chi connectivity index (χ4n) is 3.94. The molecule has 3 rings (SSSR count). The molecule has 0 bridgehead atoms. The molecule has 2 heterocycles. The normalized spacial score (nSPS) is 14.5. The number of pyridine rings is 1. The van der Waals surface area contributed by atoms with Crippen LogP contribution in [0.1, 0.15) is 51.1 Å². The van der Waals surface area contributed by atoms with E-state index in [4.69, 9.17) is 21.5 Å². The van der Waals surface area contributed by atoms with Crippen molar-refractivity contribution in [3.05, 3.63) is 23.1 Å². The Morgan fingerprint density at radius 1 is 1.26 bits per heavy atom. The fraction of sp³-hybridized carbons (Fsp3) is 0.565. The number of nitrogens with one attached hydrogen (secondary N) is 2. The van der Waals surface area contributed by atoms with E-state index in [2.05, 4.69) is 32.0 Å². The van der Waals surface area contributed by atoms with Gasteiger partial charge in [-0.25, -0.2) is 23.2 Å². The highest BCUT2D eigenvalue weighted by atomic mass is 35.5. The number of aryl methyl sites for hydroxylation is 1. The minimum Gasteiger partial charge on any atom is -0.475 e. The molecule has 0 saturated heterocycles. The number of anilines is 2. The number of halogens is 4. The Balaban J connectivity index is 0.000000673. The van der Waals surface area contributed by atoms with E-state index in [0.29, 0.717) is 28.9 Å². The average molecular weight is 614 g/mol. The third kappa shape index (κ3) is 10.9. The molecule has 1 aliphatic carbocycles. The number of carboxylic acid groups (broad SMARTS) is 1. The first kappa shape index (κ1) is 32.7. The summed E-state index contributed by atoms with van der Waals surface area (Å²) in [5, 5.41) is 10.3. The molecule has 0 radical (unpaired) electrons. The van der Waals surface area contributed by atoms with E-state index in [0.717, 1.165) is 11.4 Å². The van der Waals surface area contributed by atoms with Crippen molar-refractivity contribution in [3.8, 4) is 10.4 Å². The number of nitrogens with zero attached hydrogens (tertiary/aromatic N) is 3. The first-order chi connectivity index (χ1) is 18.1. The number of carbonyl (C=O) groups excluding carboxylic acids is 1. The number of hydrogen-bond acceptors (Lipinski definition) is 8. The third-order valence-electron chi connectivity index (χ3n) is 5.81. The van der Waals surface area contributed by atoms with Crippen molar-refractivity contribution < 1.29 is 36.3 Å². The molecule has 1 amide bonds. The number of sulfonamides is 1. The van der Waals surface area contributed by atoms with Crippen LogP contribution in [0.3, 0.4) is 0 Å². The molecule has 0 unspecified atom stereocenters. The molecular weight excluding hydrogens is 583 g/mol. The van der Waals surface area contributed by atoms with Crippen LogP contribution in [0.2, 0.25) is 5.15 Å². The molecular formula is C23H31ClF3N5O5S2. The summed E-state index contributed by atoms with van der Waals surface area (Å²) < 4.78 is 59.7. The second-order valence-electron chi connectivity index (χ2n) is 9.03.